The van der Waals surface area contributed by atoms with E-state index in [0.717, 1.165) is 66.4 Å². The van der Waals surface area contributed by atoms with Gasteiger partial charge in [0, 0.05) is 32.7 Å². The Morgan fingerprint density at radius 1 is 0.885 bits per heavy atom. The number of hydrogen-bond donors (Lipinski definition) is 0. The highest BCUT2D eigenvalue weighted by Gasteiger charge is 2.20. The van der Waals surface area contributed by atoms with Crippen LogP contribution in [0.1, 0.15) is 5.56 Å². The quantitative estimate of drug-likeness (QED) is 0.725. The standard InChI is InChI=1S/C20H24Cl2N2O2/c1-25-18-7-6-15(14-19(18)26-2)8-9-23-10-12-24(13-11-23)20-16(21)4-3-5-17(20)22/h3-7,14H,8-13H2,1-2H3. The molecule has 0 radical (unpaired) electrons. The van der Waals surface area contributed by atoms with Gasteiger partial charge < -0.3 is 14.4 Å². The molecule has 6 heteroatoms. The summed E-state index contributed by atoms with van der Waals surface area (Å²) in [7, 11) is 3.32. The van der Waals surface area contributed by atoms with E-state index in [4.69, 9.17) is 32.7 Å². The lowest BCUT2D eigenvalue weighted by atomic mass is 10.1. The van der Waals surface area contributed by atoms with E-state index in [-0.39, 0.29) is 0 Å². The summed E-state index contributed by atoms with van der Waals surface area (Å²) in [5, 5.41) is 1.44. The van der Waals surface area contributed by atoms with E-state index in [1.165, 1.54) is 5.56 Å². The summed E-state index contributed by atoms with van der Waals surface area (Å²) in [4.78, 5) is 4.75. The SMILES string of the molecule is COc1ccc(CCN2CCN(c3c(Cl)cccc3Cl)CC2)cc1OC. The van der Waals surface area contributed by atoms with Crippen molar-refractivity contribution in [1.82, 2.24) is 4.90 Å². The highest BCUT2D eigenvalue weighted by Crippen LogP contribution is 2.34. The Labute approximate surface area is 165 Å². The Bertz CT molecular complexity index is 726. The largest absolute Gasteiger partial charge is 0.493 e. The van der Waals surface area contributed by atoms with Gasteiger partial charge in [0.2, 0.25) is 0 Å². The molecule has 26 heavy (non-hydrogen) atoms. The number of hydrogen-bond acceptors (Lipinski definition) is 4. The van der Waals surface area contributed by atoms with Crippen molar-refractivity contribution in [2.45, 2.75) is 6.42 Å². The van der Waals surface area contributed by atoms with Gasteiger partial charge in [0.1, 0.15) is 0 Å². The Morgan fingerprint density at radius 3 is 2.15 bits per heavy atom. The second-order valence-corrected chi connectivity index (χ2v) is 7.15. The molecule has 1 aliphatic rings. The van der Waals surface area contributed by atoms with Gasteiger partial charge >= 0.3 is 0 Å². The first kappa shape index (κ1) is 19.2. The minimum atomic E-state index is 0.719. The highest BCUT2D eigenvalue weighted by atomic mass is 35.5. The van der Waals surface area contributed by atoms with Crippen molar-refractivity contribution in [3.63, 3.8) is 0 Å². The van der Waals surface area contributed by atoms with Crippen molar-refractivity contribution in [2.75, 3.05) is 51.8 Å². The molecule has 4 nitrogen and oxygen atoms in total. The monoisotopic (exact) mass is 394 g/mol. The molecule has 0 saturated carbocycles. The Balaban J connectivity index is 1.55. The summed E-state index contributed by atoms with van der Waals surface area (Å²) in [5.41, 5.74) is 2.20. The van der Waals surface area contributed by atoms with Gasteiger partial charge in [-0.15, -0.1) is 0 Å². The third kappa shape index (κ3) is 4.37. The van der Waals surface area contributed by atoms with E-state index in [2.05, 4.69) is 21.9 Å². The maximum atomic E-state index is 6.33. The number of benzene rings is 2. The fourth-order valence-corrected chi connectivity index (χ4v) is 3.95. The number of para-hydroxylation sites is 1. The number of piperazine rings is 1. The molecule has 3 rings (SSSR count). The fraction of sp³-hybridized carbons (Fsp3) is 0.400. The molecule has 0 N–H and O–H groups in total. The van der Waals surface area contributed by atoms with Crippen LogP contribution in [0.3, 0.4) is 0 Å². The lowest BCUT2D eigenvalue weighted by Gasteiger charge is -2.36. The predicted molar refractivity (Wildman–Crippen MR) is 108 cm³/mol. The summed E-state index contributed by atoms with van der Waals surface area (Å²) >= 11 is 12.7. The molecule has 1 saturated heterocycles. The number of ether oxygens (including phenoxy) is 2. The molecule has 2 aromatic rings. The molecular weight excluding hydrogens is 371 g/mol. The van der Waals surface area contributed by atoms with Gasteiger partial charge in [-0.25, -0.2) is 0 Å². The molecule has 0 atom stereocenters. The van der Waals surface area contributed by atoms with Gasteiger partial charge in [0.25, 0.3) is 0 Å². The van der Waals surface area contributed by atoms with Gasteiger partial charge in [0.15, 0.2) is 11.5 Å². The first-order valence-corrected chi connectivity index (χ1v) is 9.50. The molecule has 0 spiro atoms. The summed E-state index contributed by atoms with van der Waals surface area (Å²) in [6.45, 7) is 4.86. The number of methoxy groups -OCH3 is 2. The normalized spacial score (nSPS) is 15.2. The van der Waals surface area contributed by atoms with Crippen LogP contribution in [0.5, 0.6) is 11.5 Å². The van der Waals surface area contributed by atoms with E-state index in [9.17, 15) is 0 Å². The molecule has 1 fully saturated rings. The lowest BCUT2D eigenvalue weighted by molar-refractivity contribution is 0.261. The Hall–Kier alpha value is -1.62. The molecular formula is C20H24Cl2N2O2. The average molecular weight is 395 g/mol. The number of anilines is 1. The van der Waals surface area contributed by atoms with E-state index >= 15 is 0 Å². The molecule has 1 heterocycles. The first-order valence-electron chi connectivity index (χ1n) is 8.74. The van der Waals surface area contributed by atoms with Crippen LogP contribution < -0.4 is 14.4 Å². The zero-order valence-corrected chi connectivity index (χ0v) is 16.7. The third-order valence-electron chi connectivity index (χ3n) is 4.79. The molecule has 0 aliphatic carbocycles. The van der Waals surface area contributed by atoms with Crippen molar-refractivity contribution >= 4 is 28.9 Å². The molecule has 1 aliphatic heterocycles. The van der Waals surface area contributed by atoms with Crippen molar-refractivity contribution in [3.05, 3.63) is 52.0 Å². The van der Waals surface area contributed by atoms with Crippen molar-refractivity contribution in [1.29, 1.82) is 0 Å². The second kappa shape index (κ2) is 8.85. The summed E-state index contributed by atoms with van der Waals surface area (Å²) in [6, 6.07) is 11.8. The second-order valence-electron chi connectivity index (χ2n) is 6.34. The molecule has 2 aromatic carbocycles. The van der Waals surface area contributed by atoms with Crippen LogP contribution in [0.25, 0.3) is 0 Å². The first-order chi connectivity index (χ1) is 12.6. The number of halogens is 2. The Kier molecular flexibility index (Phi) is 6.52. The number of rotatable bonds is 6. The van der Waals surface area contributed by atoms with Crippen LogP contribution in [-0.4, -0.2) is 51.8 Å². The van der Waals surface area contributed by atoms with Crippen LogP contribution in [0.4, 0.5) is 5.69 Å². The molecule has 0 unspecified atom stereocenters. The van der Waals surface area contributed by atoms with Crippen molar-refractivity contribution < 1.29 is 9.47 Å². The Morgan fingerprint density at radius 2 is 1.54 bits per heavy atom. The highest BCUT2D eigenvalue weighted by molar-refractivity contribution is 6.39. The average Bonchev–Trinajstić information content (AvgIpc) is 2.67. The van der Waals surface area contributed by atoms with Gasteiger partial charge in [0.05, 0.1) is 30.0 Å². The maximum absolute atomic E-state index is 6.33. The summed E-state index contributed by atoms with van der Waals surface area (Å²) in [6.07, 6.45) is 0.979. The van der Waals surface area contributed by atoms with Crippen LogP contribution in [-0.2, 0) is 6.42 Å². The van der Waals surface area contributed by atoms with Crippen LogP contribution in [0, 0.1) is 0 Å². The predicted octanol–water partition coefficient (Wildman–Crippen LogP) is 4.38. The zero-order chi connectivity index (χ0) is 18.5. The van der Waals surface area contributed by atoms with E-state index < -0.39 is 0 Å². The van der Waals surface area contributed by atoms with Crippen LogP contribution in [0.2, 0.25) is 10.0 Å². The smallest absolute Gasteiger partial charge is 0.160 e. The molecule has 0 aromatic heterocycles. The van der Waals surface area contributed by atoms with Crippen molar-refractivity contribution in [2.24, 2.45) is 0 Å². The van der Waals surface area contributed by atoms with Gasteiger partial charge in [-0.3, -0.25) is 4.90 Å². The number of nitrogens with zero attached hydrogens (tertiary/aromatic N) is 2. The third-order valence-corrected chi connectivity index (χ3v) is 5.40. The van der Waals surface area contributed by atoms with Gasteiger partial charge in [-0.05, 0) is 36.2 Å². The molecule has 0 bridgehead atoms. The minimum absolute atomic E-state index is 0.719. The maximum Gasteiger partial charge on any atom is 0.160 e. The van der Waals surface area contributed by atoms with Gasteiger partial charge in [-0.2, -0.15) is 0 Å². The fourth-order valence-electron chi connectivity index (χ4n) is 3.31. The minimum Gasteiger partial charge on any atom is -0.493 e. The summed E-state index contributed by atoms with van der Waals surface area (Å²) in [5.74, 6) is 1.55. The van der Waals surface area contributed by atoms with Crippen LogP contribution in [0.15, 0.2) is 36.4 Å². The lowest BCUT2D eigenvalue weighted by Crippen LogP contribution is -2.47. The topological polar surface area (TPSA) is 24.9 Å². The molecule has 140 valence electrons. The molecule has 0 amide bonds. The zero-order valence-electron chi connectivity index (χ0n) is 15.2. The summed E-state index contributed by atoms with van der Waals surface area (Å²) < 4.78 is 10.7. The van der Waals surface area contributed by atoms with Crippen molar-refractivity contribution in [3.8, 4) is 11.5 Å². The van der Waals surface area contributed by atoms with E-state index in [1.807, 2.05) is 24.3 Å². The van der Waals surface area contributed by atoms with Crippen LogP contribution >= 0.6 is 23.2 Å². The van der Waals surface area contributed by atoms with E-state index in [1.54, 1.807) is 14.2 Å². The van der Waals surface area contributed by atoms with E-state index in [0.29, 0.717) is 0 Å². The van der Waals surface area contributed by atoms with Gasteiger partial charge in [-0.1, -0.05) is 35.3 Å².